The quantitative estimate of drug-likeness (QED) is 0.893. The molecule has 19 heavy (non-hydrogen) atoms. The van der Waals surface area contributed by atoms with Crippen LogP contribution in [0.4, 0.5) is 5.69 Å². The Balaban J connectivity index is 2.15. The van der Waals surface area contributed by atoms with Crippen LogP contribution in [0.15, 0.2) is 22.7 Å². The number of hydrogen-bond donors (Lipinski definition) is 2. The summed E-state index contributed by atoms with van der Waals surface area (Å²) in [5.41, 5.74) is 2.53. The molecule has 1 fully saturated rings. The summed E-state index contributed by atoms with van der Waals surface area (Å²) < 4.78 is 1.15. The fourth-order valence-electron chi connectivity index (χ4n) is 2.67. The third-order valence-electron chi connectivity index (χ3n) is 4.03. The van der Waals surface area contributed by atoms with Crippen molar-refractivity contribution >= 4 is 21.6 Å². The number of halogens is 1. The third-order valence-corrected chi connectivity index (χ3v) is 4.71. The fourth-order valence-corrected chi connectivity index (χ4v) is 3.38. The first kappa shape index (κ1) is 14.8. The molecular formula is C15H23BrN2O. The average molecular weight is 327 g/mol. The molecule has 1 heterocycles. The van der Waals surface area contributed by atoms with Crippen molar-refractivity contribution < 1.29 is 5.11 Å². The van der Waals surface area contributed by atoms with Gasteiger partial charge in [-0.2, -0.15) is 0 Å². The van der Waals surface area contributed by atoms with Crippen molar-refractivity contribution in [3.63, 3.8) is 0 Å². The molecule has 1 aromatic carbocycles. The lowest BCUT2D eigenvalue weighted by Gasteiger charge is -2.34. The van der Waals surface area contributed by atoms with Gasteiger partial charge in [0.25, 0.3) is 0 Å². The van der Waals surface area contributed by atoms with E-state index in [1.54, 1.807) is 0 Å². The smallest absolute Gasteiger partial charge is 0.0476 e. The molecule has 2 unspecified atom stereocenters. The van der Waals surface area contributed by atoms with Gasteiger partial charge in [0.1, 0.15) is 0 Å². The van der Waals surface area contributed by atoms with Crippen molar-refractivity contribution in [2.45, 2.75) is 25.8 Å². The number of hydrogen-bond acceptors (Lipinski definition) is 3. The van der Waals surface area contributed by atoms with Gasteiger partial charge < -0.3 is 15.3 Å². The van der Waals surface area contributed by atoms with Crippen LogP contribution >= 0.6 is 15.9 Å². The molecule has 0 amide bonds. The summed E-state index contributed by atoms with van der Waals surface area (Å²) in [5.74, 6) is 0.420. The predicted molar refractivity (Wildman–Crippen MR) is 83.6 cm³/mol. The Hall–Kier alpha value is -0.580. The van der Waals surface area contributed by atoms with E-state index >= 15 is 0 Å². The first-order valence-corrected chi connectivity index (χ1v) is 7.77. The van der Waals surface area contributed by atoms with E-state index in [4.69, 9.17) is 0 Å². The van der Waals surface area contributed by atoms with Gasteiger partial charge in [-0.05, 0) is 50.4 Å². The van der Waals surface area contributed by atoms with E-state index in [0.717, 1.165) is 30.4 Å². The fraction of sp³-hybridized carbons (Fsp3) is 0.600. The van der Waals surface area contributed by atoms with Crippen LogP contribution in [-0.4, -0.2) is 31.9 Å². The summed E-state index contributed by atoms with van der Waals surface area (Å²) in [4.78, 5) is 2.38. The molecule has 2 N–H and O–H groups in total. The summed E-state index contributed by atoms with van der Waals surface area (Å²) in [5, 5.41) is 12.6. The molecule has 0 aromatic heterocycles. The predicted octanol–water partition coefficient (Wildman–Crippen LogP) is 2.94. The molecule has 1 aromatic rings. The minimum atomic E-state index is 0.298. The average Bonchev–Trinajstić information content (AvgIpc) is 2.46. The second-order valence-corrected chi connectivity index (χ2v) is 6.21. The number of rotatable bonds is 4. The molecule has 0 spiro atoms. The summed E-state index contributed by atoms with van der Waals surface area (Å²) in [7, 11) is 1.97. The van der Waals surface area contributed by atoms with Crippen molar-refractivity contribution in [3.05, 3.63) is 28.2 Å². The van der Waals surface area contributed by atoms with E-state index < -0.39 is 0 Å². The summed E-state index contributed by atoms with van der Waals surface area (Å²) in [6, 6.07) is 6.91. The SMILES string of the molecule is CNC(C)c1ccc(N2CCCC(CO)C2)cc1Br. The number of aliphatic hydroxyl groups excluding tert-OH is 1. The van der Waals surface area contributed by atoms with Gasteiger partial charge in [0.2, 0.25) is 0 Å². The van der Waals surface area contributed by atoms with Gasteiger partial charge in [-0.1, -0.05) is 22.0 Å². The molecule has 1 aliphatic heterocycles. The van der Waals surface area contributed by atoms with E-state index in [1.165, 1.54) is 11.3 Å². The Bertz CT molecular complexity index is 425. The highest BCUT2D eigenvalue weighted by atomic mass is 79.9. The lowest BCUT2D eigenvalue weighted by atomic mass is 9.98. The van der Waals surface area contributed by atoms with Gasteiger partial charge in [-0.25, -0.2) is 0 Å². The van der Waals surface area contributed by atoms with E-state index in [2.05, 4.69) is 51.3 Å². The molecular weight excluding hydrogens is 304 g/mol. The van der Waals surface area contributed by atoms with Gasteiger partial charge in [-0.3, -0.25) is 0 Å². The highest BCUT2D eigenvalue weighted by Gasteiger charge is 2.20. The lowest BCUT2D eigenvalue weighted by molar-refractivity contribution is 0.208. The maximum Gasteiger partial charge on any atom is 0.0476 e. The largest absolute Gasteiger partial charge is 0.396 e. The van der Waals surface area contributed by atoms with Crippen LogP contribution in [-0.2, 0) is 0 Å². The minimum absolute atomic E-state index is 0.298. The van der Waals surface area contributed by atoms with E-state index in [-0.39, 0.29) is 0 Å². The molecule has 2 atom stereocenters. The molecule has 0 aliphatic carbocycles. The topological polar surface area (TPSA) is 35.5 Å². The van der Waals surface area contributed by atoms with Gasteiger partial charge >= 0.3 is 0 Å². The van der Waals surface area contributed by atoms with Crippen LogP contribution in [0.1, 0.15) is 31.4 Å². The molecule has 2 rings (SSSR count). The van der Waals surface area contributed by atoms with Crippen LogP contribution in [0.5, 0.6) is 0 Å². The molecule has 0 radical (unpaired) electrons. The highest BCUT2D eigenvalue weighted by Crippen LogP contribution is 2.30. The van der Waals surface area contributed by atoms with Crippen molar-refractivity contribution in [2.24, 2.45) is 5.92 Å². The molecule has 106 valence electrons. The maximum absolute atomic E-state index is 9.31. The normalized spacial score (nSPS) is 21.5. The maximum atomic E-state index is 9.31. The third kappa shape index (κ3) is 3.50. The van der Waals surface area contributed by atoms with Gasteiger partial charge in [-0.15, -0.1) is 0 Å². The standard InChI is InChI=1S/C15H23BrN2O/c1-11(17-2)14-6-5-13(8-15(14)16)18-7-3-4-12(9-18)10-19/h5-6,8,11-12,17,19H,3-4,7,9-10H2,1-2H3. The number of aliphatic hydroxyl groups is 1. The number of benzene rings is 1. The molecule has 1 saturated heterocycles. The highest BCUT2D eigenvalue weighted by molar-refractivity contribution is 9.10. The minimum Gasteiger partial charge on any atom is -0.396 e. The Kier molecular flexibility index (Phi) is 5.25. The molecule has 1 aliphatic rings. The zero-order valence-electron chi connectivity index (χ0n) is 11.7. The first-order chi connectivity index (χ1) is 9.15. The monoisotopic (exact) mass is 326 g/mol. The number of nitrogens with one attached hydrogen (secondary N) is 1. The Morgan fingerprint density at radius 2 is 2.32 bits per heavy atom. The summed E-state index contributed by atoms with van der Waals surface area (Å²) in [6.07, 6.45) is 2.31. The molecule has 4 heteroatoms. The summed E-state index contributed by atoms with van der Waals surface area (Å²) in [6.45, 7) is 4.50. The van der Waals surface area contributed by atoms with Crippen LogP contribution < -0.4 is 10.2 Å². The van der Waals surface area contributed by atoms with Crippen LogP contribution in [0, 0.1) is 5.92 Å². The van der Waals surface area contributed by atoms with Gasteiger partial charge in [0.05, 0.1) is 0 Å². The van der Waals surface area contributed by atoms with Crippen molar-refractivity contribution in [1.82, 2.24) is 5.32 Å². The second-order valence-electron chi connectivity index (χ2n) is 5.35. The molecule has 0 saturated carbocycles. The number of piperidine rings is 1. The second kappa shape index (κ2) is 6.73. The molecule has 0 bridgehead atoms. The Morgan fingerprint density at radius 1 is 1.53 bits per heavy atom. The van der Waals surface area contributed by atoms with Crippen molar-refractivity contribution in [2.75, 3.05) is 31.6 Å². The molecule has 3 nitrogen and oxygen atoms in total. The van der Waals surface area contributed by atoms with Crippen LogP contribution in [0.25, 0.3) is 0 Å². The number of nitrogens with zero attached hydrogens (tertiary/aromatic N) is 1. The first-order valence-electron chi connectivity index (χ1n) is 6.98. The summed E-state index contributed by atoms with van der Waals surface area (Å²) >= 11 is 3.67. The zero-order valence-corrected chi connectivity index (χ0v) is 13.3. The van der Waals surface area contributed by atoms with Gasteiger partial charge in [0, 0.05) is 35.9 Å². The van der Waals surface area contributed by atoms with Crippen molar-refractivity contribution in [1.29, 1.82) is 0 Å². The van der Waals surface area contributed by atoms with Crippen molar-refractivity contribution in [3.8, 4) is 0 Å². The van der Waals surface area contributed by atoms with Crippen LogP contribution in [0.3, 0.4) is 0 Å². The Labute approximate surface area is 124 Å². The Morgan fingerprint density at radius 3 is 2.95 bits per heavy atom. The van der Waals surface area contributed by atoms with E-state index in [9.17, 15) is 5.11 Å². The van der Waals surface area contributed by atoms with Crippen LogP contribution in [0.2, 0.25) is 0 Å². The van der Waals surface area contributed by atoms with Gasteiger partial charge in [0.15, 0.2) is 0 Å². The van der Waals surface area contributed by atoms with E-state index in [0.29, 0.717) is 18.6 Å². The lowest BCUT2D eigenvalue weighted by Crippen LogP contribution is -2.36. The number of anilines is 1. The zero-order chi connectivity index (χ0) is 13.8. The van der Waals surface area contributed by atoms with E-state index in [1.807, 2.05) is 7.05 Å².